The number of nitrogens with one attached hydrogen (secondary N) is 1. The topological polar surface area (TPSA) is 64.9 Å². The van der Waals surface area contributed by atoms with Crippen LogP contribution in [-0.4, -0.2) is 33.4 Å². The number of methoxy groups -OCH3 is 1. The largest absolute Gasteiger partial charge is 0.481 e. The van der Waals surface area contributed by atoms with Crippen LogP contribution in [0.15, 0.2) is 24.5 Å². The molecule has 0 amide bonds. The number of hydrogen-bond acceptors (Lipinski definition) is 5. The highest BCUT2D eigenvalue weighted by Gasteiger charge is 2.00. The van der Waals surface area contributed by atoms with Crippen LogP contribution in [0.25, 0.3) is 0 Å². The second-order valence-electron chi connectivity index (χ2n) is 3.58. The van der Waals surface area contributed by atoms with Crippen molar-refractivity contribution in [2.75, 3.05) is 19.0 Å². The van der Waals surface area contributed by atoms with Gasteiger partial charge in [-0.05, 0) is 6.07 Å². The third kappa shape index (κ3) is 3.17. The van der Waals surface area contributed by atoms with Crippen molar-refractivity contribution >= 4 is 5.95 Å². The molecular weight excluding hydrogens is 218 g/mol. The van der Waals surface area contributed by atoms with Gasteiger partial charge in [0, 0.05) is 38.5 Å². The summed E-state index contributed by atoms with van der Waals surface area (Å²) in [6.45, 7) is 0.740. The van der Waals surface area contributed by atoms with Crippen molar-refractivity contribution in [2.45, 2.75) is 6.42 Å². The van der Waals surface area contributed by atoms with E-state index in [1.807, 2.05) is 19.3 Å². The van der Waals surface area contributed by atoms with Crippen LogP contribution in [0.2, 0.25) is 0 Å². The molecule has 0 aliphatic carbocycles. The number of nitrogens with zero attached hydrogens (tertiary/aromatic N) is 4. The Hall–Kier alpha value is -2.11. The number of aromatic nitrogens is 4. The quantitative estimate of drug-likeness (QED) is 0.830. The molecule has 0 aliphatic rings. The molecule has 0 saturated heterocycles. The summed E-state index contributed by atoms with van der Waals surface area (Å²) >= 11 is 0. The van der Waals surface area contributed by atoms with Crippen LogP contribution >= 0.6 is 0 Å². The fourth-order valence-electron chi connectivity index (χ4n) is 1.44. The molecule has 2 aromatic heterocycles. The Morgan fingerprint density at radius 3 is 3.00 bits per heavy atom. The van der Waals surface area contributed by atoms with E-state index in [2.05, 4.69) is 20.4 Å². The minimum Gasteiger partial charge on any atom is -0.481 e. The zero-order chi connectivity index (χ0) is 12.1. The lowest BCUT2D eigenvalue weighted by atomic mass is 10.3. The first-order chi connectivity index (χ1) is 8.28. The number of rotatable bonds is 5. The molecule has 0 saturated carbocycles. The molecule has 1 N–H and O–H groups in total. The van der Waals surface area contributed by atoms with Crippen molar-refractivity contribution in [1.82, 2.24) is 19.7 Å². The molecule has 0 aromatic carbocycles. The van der Waals surface area contributed by atoms with Crippen molar-refractivity contribution in [3.63, 3.8) is 0 Å². The second-order valence-corrected chi connectivity index (χ2v) is 3.58. The van der Waals surface area contributed by atoms with E-state index in [0.717, 1.165) is 18.7 Å². The molecule has 0 fully saturated rings. The Bertz CT molecular complexity index is 482. The molecule has 0 atom stereocenters. The van der Waals surface area contributed by atoms with Gasteiger partial charge in [0.2, 0.25) is 11.8 Å². The van der Waals surface area contributed by atoms with E-state index in [4.69, 9.17) is 4.74 Å². The molecule has 2 heterocycles. The van der Waals surface area contributed by atoms with E-state index in [1.165, 1.54) is 0 Å². The average Bonchev–Trinajstić information content (AvgIpc) is 2.75. The number of hydrogen-bond donors (Lipinski definition) is 1. The third-order valence-corrected chi connectivity index (χ3v) is 2.27. The van der Waals surface area contributed by atoms with Crippen molar-refractivity contribution in [3.05, 3.63) is 30.2 Å². The summed E-state index contributed by atoms with van der Waals surface area (Å²) < 4.78 is 6.81. The molecule has 6 nitrogen and oxygen atoms in total. The summed E-state index contributed by atoms with van der Waals surface area (Å²) in [4.78, 5) is 8.25. The molecule has 2 rings (SSSR count). The fourth-order valence-corrected chi connectivity index (χ4v) is 1.44. The summed E-state index contributed by atoms with van der Waals surface area (Å²) in [7, 11) is 3.49. The van der Waals surface area contributed by atoms with Gasteiger partial charge in [0.15, 0.2) is 0 Å². The van der Waals surface area contributed by atoms with Crippen molar-refractivity contribution in [1.29, 1.82) is 0 Å². The Kier molecular flexibility index (Phi) is 3.54. The predicted molar refractivity (Wildman–Crippen MR) is 64.0 cm³/mol. The van der Waals surface area contributed by atoms with E-state index in [9.17, 15) is 0 Å². The normalized spacial score (nSPS) is 10.2. The summed E-state index contributed by atoms with van der Waals surface area (Å²) in [6, 6.07) is 3.71. The van der Waals surface area contributed by atoms with Crippen LogP contribution in [0.3, 0.4) is 0 Å². The summed E-state index contributed by atoms with van der Waals surface area (Å²) in [5, 5.41) is 7.41. The van der Waals surface area contributed by atoms with Gasteiger partial charge >= 0.3 is 0 Å². The standard InChI is InChI=1S/C11H15N5O/c1-16-8-5-9(15-16)3-6-12-11-13-7-4-10(14-11)17-2/h4-5,7-8H,3,6H2,1-2H3,(H,12,13,14). The van der Waals surface area contributed by atoms with Crippen LogP contribution in [0, 0.1) is 0 Å². The predicted octanol–water partition coefficient (Wildman–Crippen LogP) is 0.873. The third-order valence-electron chi connectivity index (χ3n) is 2.27. The summed E-state index contributed by atoms with van der Waals surface area (Å²) in [6.07, 6.45) is 4.42. The highest BCUT2D eigenvalue weighted by molar-refractivity contribution is 5.27. The molecule has 0 bridgehead atoms. The van der Waals surface area contributed by atoms with Crippen molar-refractivity contribution in [3.8, 4) is 5.88 Å². The Balaban J connectivity index is 1.85. The van der Waals surface area contributed by atoms with E-state index in [0.29, 0.717) is 11.8 Å². The molecule has 0 unspecified atom stereocenters. The minimum absolute atomic E-state index is 0.556. The lowest BCUT2D eigenvalue weighted by molar-refractivity contribution is 0.397. The maximum absolute atomic E-state index is 5.02. The highest BCUT2D eigenvalue weighted by atomic mass is 16.5. The molecule has 0 aliphatic heterocycles. The van der Waals surface area contributed by atoms with E-state index >= 15 is 0 Å². The average molecular weight is 233 g/mol. The van der Waals surface area contributed by atoms with Gasteiger partial charge in [-0.25, -0.2) is 4.98 Å². The van der Waals surface area contributed by atoms with Crippen LogP contribution in [-0.2, 0) is 13.5 Å². The first-order valence-corrected chi connectivity index (χ1v) is 5.37. The SMILES string of the molecule is COc1ccnc(NCCc2ccn(C)n2)n1. The van der Waals surface area contributed by atoms with Gasteiger partial charge in [-0.15, -0.1) is 0 Å². The second kappa shape index (κ2) is 5.29. The number of aryl methyl sites for hydroxylation is 1. The maximum atomic E-state index is 5.02. The van der Waals surface area contributed by atoms with Gasteiger partial charge in [0.25, 0.3) is 0 Å². The van der Waals surface area contributed by atoms with Crippen LogP contribution in [0.5, 0.6) is 5.88 Å². The Morgan fingerprint density at radius 1 is 1.41 bits per heavy atom. The van der Waals surface area contributed by atoms with Crippen molar-refractivity contribution in [2.24, 2.45) is 7.05 Å². The molecule has 6 heteroatoms. The first kappa shape index (κ1) is 11.4. The number of ether oxygens (including phenoxy) is 1. The highest BCUT2D eigenvalue weighted by Crippen LogP contribution is 2.07. The van der Waals surface area contributed by atoms with E-state index in [1.54, 1.807) is 24.1 Å². The zero-order valence-corrected chi connectivity index (χ0v) is 9.92. The van der Waals surface area contributed by atoms with Gasteiger partial charge < -0.3 is 10.1 Å². The van der Waals surface area contributed by atoms with Crippen molar-refractivity contribution < 1.29 is 4.74 Å². The molecule has 17 heavy (non-hydrogen) atoms. The molecule has 90 valence electrons. The molecule has 0 radical (unpaired) electrons. The Morgan fingerprint density at radius 2 is 2.29 bits per heavy atom. The molecular formula is C11H15N5O. The lowest BCUT2D eigenvalue weighted by Gasteiger charge is -2.04. The van der Waals surface area contributed by atoms with E-state index in [-0.39, 0.29) is 0 Å². The van der Waals surface area contributed by atoms with E-state index < -0.39 is 0 Å². The smallest absolute Gasteiger partial charge is 0.225 e. The van der Waals surface area contributed by atoms with Gasteiger partial charge in [-0.1, -0.05) is 0 Å². The monoisotopic (exact) mass is 233 g/mol. The lowest BCUT2D eigenvalue weighted by Crippen LogP contribution is -2.08. The first-order valence-electron chi connectivity index (χ1n) is 5.37. The van der Waals surface area contributed by atoms with Gasteiger partial charge in [-0.2, -0.15) is 10.1 Å². The maximum Gasteiger partial charge on any atom is 0.225 e. The van der Waals surface area contributed by atoms with Crippen LogP contribution in [0.1, 0.15) is 5.69 Å². The molecule has 0 spiro atoms. The van der Waals surface area contributed by atoms with Gasteiger partial charge in [-0.3, -0.25) is 4.68 Å². The number of anilines is 1. The summed E-state index contributed by atoms with van der Waals surface area (Å²) in [5.74, 6) is 1.13. The minimum atomic E-state index is 0.556. The Labute approximate surface area is 99.7 Å². The van der Waals surface area contributed by atoms with Gasteiger partial charge in [0.1, 0.15) is 0 Å². The van der Waals surface area contributed by atoms with Gasteiger partial charge in [0.05, 0.1) is 12.8 Å². The van der Waals surface area contributed by atoms with Crippen LogP contribution < -0.4 is 10.1 Å². The molecule has 2 aromatic rings. The fraction of sp³-hybridized carbons (Fsp3) is 0.364. The summed E-state index contributed by atoms with van der Waals surface area (Å²) in [5.41, 5.74) is 1.04. The zero-order valence-electron chi connectivity index (χ0n) is 9.92. The van der Waals surface area contributed by atoms with Crippen LogP contribution in [0.4, 0.5) is 5.95 Å².